The van der Waals surface area contributed by atoms with Crippen LogP contribution in [0.5, 0.6) is 0 Å². The molecule has 0 saturated carbocycles. The lowest BCUT2D eigenvalue weighted by Gasteiger charge is -2.23. The highest BCUT2D eigenvalue weighted by atomic mass is 35.5. The van der Waals surface area contributed by atoms with E-state index in [9.17, 15) is 37.5 Å². The van der Waals surface area contributed by atoms with Crippen LogP contribution >= 0.6 is 47.2 Å². The highest BCUT2D eigenvalue weighted by Gasteiger charge is 2.32. The average Bonchev–Trinajstić information content (AvgIpc) is 1.70. The second-order valence-electron chi connectivity index (χ2n) is 22.1. The van der Waals surface area contributed by atoms with Gasteiger partial charge in [0.15, 0.2) is 0 Å². The van der Waals surface area contributed by atoms with Crippen molar-refractivity contribution >= 4 is 134 Å². The maximum atomic E-state index is 15.2. The van der Waals surface area contributed by atoms with Crippen LogP contribution in [0.4, 0.5) is 64.7 Å². The monoisotopic (exact) mass is 1410 g/mol. The molecule has 0 atom stereocenters. The number of nitrogens with two attached hydrogens (primary N) is 1. The molecular weight excluding hydrogens is 1350 g/mol. The minimum atomic E-state index is -0.656. The summed E-state index contributed by atoms with van der Waals surface area (Å²) in [6.07, 6.45) is 5.05. The van der Waals surface area contributed by atoms with Crippen LogP contribution in [0.25, 0.3) is 0 Å². The van der Waals surface area contributed by atoms with Crippen molar-refractivity contribution in [1.29, 1.82) is 0 Å². The summed E-state index contributed by atoms with van der Waals surface area (Å²) in [6.45, 7) is 0.385. The minimum absolute atomic E-state index is 0. The molecule has 6 heterocycles. The molecule has 0 saturated heterocycles. The van der Waals surface area contributed by atoms with Crippen molar-refractivity contribution in [3.8, 4) is 0 Å². The van der Waals surface area contributed by atoms with Crippen LogP contribution in [0.1, 0.15) is 64.5 Å². The van der Waals surface area contributed by atoms with Crippen molar-refractivity contribution in [3.05, 3.63) is 210 Å². The SMILES string of the molecule is COC(=O)CN(CC(=O)OC)Cc1ccc(C(=O)N2Cc3cnn(C)c3Nc3cc(Cl)ccc32)cc1F.COC(=O)CNCc1ccc(C(=O)N2Cc3cnn(C)c3Nc3cc(Cl)ccc32)cc1F.Cl.Cn1ncc2c1Nc1cc(Cl)ccc1N(C(=O)c1ccc(CN)c(F)c1)C2. The number of hydrogen-bond acceptors (Lipinski definition) is 18. The van der Waals surface area contributed by atoms with Crippen LogP contribution in [0.2, 0.25) is 15.1 Å². The number of aryl methyl sites for hydroxylation is 3. The largest absolute Gasteiger partial charge is 0.468 e. The number of ether oxygens (including phenoxy) is 3. The Morgan fingerprint density at radius 1 is 0.505 bits per heavy atom. The number of rotatable bonds is 14. The predicted octanol–water partition coefficient (Wildman–Crippen LogP) is 10.6. The summed E-state index contributed by atoms with van der Waals surface area (Å²) in [6, 6.07) is 28.3. The first-order chi connectivity index (χ1) is 46.0. The molecule has 3 aliphatic rings. The molecule has 6 aromatic carbocycles. The summed E-state index contributed by atoms with van der Waals surface area (Å²) in [5, 5.41) is 27.0. The number of aromatic nitrogens is 6. The average molecular weight is 1410 g/mol. The zero-order valence-corrected chi connectivity index (χ0v) is 56.0. The van der Waals surface area contributed by atoms with E-state index in [2.05, 4.69) is 50.8 Å². The molecule has 0 radical (unpaired) electrons. The third kappa shape index (κ3) is 16.3. The third-order valence-corrected chi connectivity index (χ3v) is 16.5. The smallest absolute Gasteiger partial charge is 0.319 e. The van der Waals surface area contributed by atoms with Gasteiger partial charge in [0.05, 0.1) is 113 Å². The number of anilines is 9. The van der Waals surface area contributed by atoms with Gasteiger partial charge in [0.25, 0.3) is 17.7 Å². The Labute approximate surface area is 575 Å². The highest BCUT2D eigenvalue weighted by molar-refractivity contribution is 6.32. The van der Waals surface area contributed by atoms with Gasteiger partial charge in [-0.2, -0.15) is 15.3 Å². The summed E-state index contributed by atoms with van der Waals surface area (Å²) in [7, 11) is 9.12. The summed E-state index contributed by atoms with van der Waals surface area (Å²) in [4.78, 5) is 81.0. The van der Waals surface area contributed by atoms with E-state index in [0.717, 1.165) is 40.2 Å². The Morgan fingerprint density at radius 2 is 0.845 bits per heavy atom. The summed E-state index contributed by atoms with van der Waals surface area (Å²) in [5.41, 5.74) is 13.2. The third-order valence-electron chi connectivity index (χ3n) is 15.8. The van der Waals surface area contributed by atoms with Gasteiger partial charge in [-0.25, -0.2) is 13.2 Å². The Kier molecular flexibility index (Phi) is 23.0. The molecule has 0 unspecified atom stereocenters. The molecule has 0 spiro atoms. The molecule has 0 bridgehead atoms. The number of halogens is 7. The molecule has 3 aliphatic heterocycles. The number of carbonyl (C=O) groups is 6. The topological polar surface area (TPSA) is 271 Å². The lowest BCUT2D eigenvalue weighted by Crippen LogP contribution is -2.35. The number of nitrogens with zero attached hydrogens (tertiary/aromatic N) is 10. The lowest BCUT2D eigenvalue weighted by atomic mass is 10.1. The molecule has 24 nitrogen and oxygen atoms in total. The number of amides is 3. The van der Waals surface area contributed by atoms with Crippen LogP contribution < -0.4 is 41.7 Å². The standard InChI is InChI=1S/C25H25ClFN5O5.C22H21ClFN5O3.C19H17ClFN5O.ClH/c1-30-24-17(10-28-30)12-32(21-7-6-18(26)9-20(21)29-24)25(35)15-4-5-16(19(27)8-15)11-31(13-22(33)36-2)14-23(34)37-3;1-28-21-15(10-26-28)12-29(19-6-5-16(23)8-18(19)27-21)22(31)13-3-4-14(17(24)7-13)9-25-11-20(30)32-2;1-25-18-13(9-23-25)10-26(17-5-4-14(20)7-16(17)24-18)19(27)11-2-3-12(8-22)15(21)6-11;/h4-10,29H,11-14H2,1-3H3;3-8,10,25,27H,9,11-12H2,1-2H3;2-7,9,24H,8,10,22H2,1H3;1H. The molecule has 12 rings (SSSR count). The fourth-order valence-corrected chi connectivity index (χ4v) is 11.2. The van der Waals surface area contributed by atoms with Crippen LogP contribution in [0, 0.1) is 17.5 Å². The van der Waals surface area contributed by atoms with Gasteiger partial charge in [-0.1, -0.05) is 53.0 Å². The first-order valence-electron chi connectivity index (χ1n) is 29.4. The van der Waals surface area contributed by atoms with Gasteiger partial charge >= 0.3 is 17.9 Å². The van der Waals surface area contributed by atoms with Crippen molar-refractivity contribution < 1.29 is 56.1 Å². The van der Waals surface area contributed by atoms with Crippen LogP contribution in [0.3, 0.4) is 0 Å². The molecule has 0 fully saturated rings. The molecule has 97 heavy (non-hydrogen) atoms. The van der Waals surface area contributed by atoms with Gasteiger partial charge < -0.3 is 55.9 Å². The number of benzene rings is 6. The Hall–Kier alpha value is -10.0. The minimum Gasteiger partial charge on any atom is -0.468 e. The number of fused-ring (bicyclic) bond motifs is 6. The summed E-state index contributed by atoms with van der Waals surface area (Å²) in [5.74, 6) is -2.16. The van der Waals surface area contributed by atoms with Gasteiger partial charge in [-0.05, 0) is 91.0 Å². The van der Waals surface area contributed by atoms with E-state index in [1.165, 1.54) is 67.5 Å². The zero-order chi connectivity index (χ0) is 68.6. The fraction of sp³-hybridized carbons (Fsp3) is 0.227. The van der Waals surface area contributed by atoms with Crippen molar-refractivity contribution in [2.75, 3.05) is 71.6 Å². The second-order valence-corrected chi connectivity index (χ2v) is 23.4. The molecule has 506 valence electrons. The van der Waals surface area contributed by atoms with E-state index in [4.69, 9.17) is 40.5 Å². The number of hydrogen-bond donors (Lipinski definition) is 5. The quantitative estimate of drug-likeness (QED) is 0.0500. The van der Waals surface area contributed by atoms with Gasteiger partial charge in [-0.15, -0.1) is 12.4 Å². The molecule has 0 aliphatic carbocycles. The summed E-state index contributed by atoms with van der Waals surface area (Å²) >= 11 is 18.5. The van der Waals surface area contributed by atoms with Crippen LogP contribution in [-0.2, 0) is 89.0 Å². The van der Waals surface area contributed by atoms with E-state index < -0.39 is 41.3 Å². The number of methoxy groups -OCH3 is 3. The Bertz CT molecular complexity index is 4480. The Morgan fingerprint density at radius 3 is 1.18 bits per heavy atom. The zero-order valence-electron chi connectivity index (χ0n) is 52.9. The molecule has 3 aromatic heterocycles. The maximum Gasteiger partial charge on any atom is 0.319 e. The van der Waals surface area contributed by atoms with Crippen molar-refractivity contribution in [2.24, 2.45) is 26.9 Å². The molecule has 9 aromatic rings. The van der Waals surface area contributed by atoms with Crippen LogP contribution in [-0.4, -0.2) is 111 Å². The maximum absolute atomic E-state index is 15.2. The molecular formula is C66H64Cl4F3N15O9. The predicted molar refractivity (Wildman–Crippen MR) is 363 cm³/mol. The number of esters is 3. The van der Waals surface area contributed by atoms with E-state index >= 15 is 4.39 Å². The van der Waals surface area contributed by atoms with Crippen molar-refractivity contribution in [2.45, 2.75) is 39.3 Å². The molecule has 3 amide bonds. The number of carbonyl (C=O) groups excluding carboxylic acids is 6. The van der Waals surface area contributed by atoms with Gasteiger partial charge in [-0.3, -0.25) is 47.7 Å². The first kappa shape index (κ1) is 71.3. The van der Waals surface area contributed by atoms with Gasteiger partial charge in [0, 0.05) is 106 Å². The first-order valence-corrected chi connectivity index (χ1v) is 30.5. The lowest BCUT2D eigenvalue weighted by molar-refractivity contribution is -0.146. The highest BCUT2D eigenvalue weighted by Crippen LogP contribution is 2.41. The van der Waals surface area contributed by atoms with Crippen molar-refractivity contribution in [3.63, 3.8) is 0 Å². The van der Waals surface area contributed by atoms with E-state index in [1.54, 1.807) is 123 Å². The van der Waals surface area contributed by atoms with E-state index in [0.29, 0.717) is 66.9 Å². The molecule has 6 N–H and O–H groups in total. The van der Waals surface area contributed by atoms with E-state index in [1.807, 2.05) is 7.05 Å². The van der Waals surface area contributed by atoms with Gasteiger partial charge in [0.1, 0.15) is 34.9 Å². The van der Waals surface area contributed by atoms with Crippen molar-refractivity contribution in [1.82, 2.24) is 39.6 Å². The Balaban J connectivity index is 0.000000172. The normalized spacial score (nSPS) is 12.4. The van der Waals surface area contributed by atoms with Crippen LogP contribution in [0.15, 0.2) is 128 Å². The summed E-state index contributed by atoms with van der Waals surface area (Å²) < 4.78 is 62.9. The second kappa shape index (κ2) is 31.3. The van der Waals surface area contributed by atoms with E-state index in [-0.39, 0.29) is 98.8 Å². The van der Waals surface area contributed by atoms with Gasteiger partial charge in [0.2, 0.25) is 0 Å². The molecule has 31 heteroatoms. The fourth-order valence-electron chi connectivity index (χ4n) is 10.7. The number of nitrogens with one attached hydrogen (secondary N) is 4.